The highest BCUT2D eigenvalue weighted by Gasteiger charge is 2.23. The van der Waals surface area contributed by atoms with Crippen LogP contribution in [-0.2, 0) is 14.3 Å². The van der Waals surface area contributed by atoms with Gasteiger partial charge in [-0.1, -0.05) is 0 Å². The van der Waals surface area contributed by atoms with Crippen molar-refractivity contribution in [1.29, 1.82) is 0 Å². The normalized spacial score (nSPS) is 16.6. The first-order valence-corrected chi connectivity index (χ1v) is 8.10. The van der Waals surface area contributed by atoms with Crippen LogP contribution in [0.1, 0.15) is 40.6 Å². The molecular formula is C17H19N3O5. The molecule has 0 saturated carbocycles. The van der Waals surface area contributed by atoms with Gasteiger partial charge in [0.25, 0.3) is 11.8 Å². The lowest BCUT2D eigenvalue weighted by Gasteiger charge is -2.11. The second kappa shape index (κ2) is 7.35. The molecule has 1 aromatic carbocycles. The van der Waals surface area contributed by atoms with Crippen LogP contribution in [0.4, 0.5) is 0 Å². The molecule has 2 amide bonds. The van der Waals surface area contributed by atoms with Gasteiger partial charge >= 0.3 is 5.97 Å². The molecule has 132 valence electrons. The lowest BCUT2D eigenvalue weighted by molar-refractivity contribution is -0.130. The maximum Gasteiger partial charge on any atom is 0.354 e. The topological polar surface area (TPSA) is 110 Å². The molecule has 0 radical (unpaired) electrons. The summed E-state index contributed by atoms with van der Waals surface area (Å²) in [5.41, 5.74) is 6.12. The summed E-state index contributed by atoms with van der Waals surface area (Å²) in [4.78, 5) is 38.7. The van der Waals surface area contributed by atoms with Crippen LogP contribution in [0, 0.1) is 0 Å². The number of hydrogen-bond acceptors (Lipinski definition) is 5. The number of aromatic nitrogens is 1. The standard InChI is InChI=1S/C17H19N3O5/c1-2-24-17(23)13-9-11-8-10(5-6-12(11)18-13)15(21)19-20-16(22)14-4-3-7-25-14/h5-6,8-9,14,18H,2-4,7H2,1H3,(H,19,21)(H,20,22)/t14-/m1/s1. The molecule has 1 saturated heterocycles. The van der Waals surface area contributed by atoms with E-state index in [-0.39, 0.29) is 12.5 Å². The van der Waals surface area contributed by atoms with Crippen molar-refractivity contribution < 1.29 is 23.9 Å². The Morgan fingerprint density at radius 3 is 2.84 bits per heavy atom. The average molecular weight is 345 g/mol. The first kappa shape index (κ1) is 17.0. The second-order valence-corrected chi connectivity index (χ2v) is 5.65. The Hall–Kier alpha value is -2.87. The summed E-state index contributed by atoms with van der Waals surface area (Å²) in [5.74, 6) is -1.26. The predicted octanol–water partition coefficient (Wildman–Crippen LogP) is 1.28. The molecule has 3 rings (SSSR count). The van der Waals surface area contributed by atoms with E-state index in [2.05, 4.69) is 15.8 Å². The van der Waals surface area contributed by atoms with E-state index in [0.717, 1.165) is 6.42 Å². The van der Waals surface area contributed by atoms with Crippen LogP contribution in [0.25, 0.3) is 10.9 Å². The van der Waals surface area contributed by atoms with Crippen molar-refractivity contribution in [3.8, 4) is 0 Å². The number of ether oxygens (including phenoxy) is 2. The third-order valence-corrected chi connectivity index (χ3v) is 3.90. The zero-order valence-corrected chi connectivity index (χ0v) is 13.8. The van der Waals surface area contributed by atoms with E-state index >= 15 is 0 Å². The molecule has 25 heavy (non-hydrogen) atoms. The SMILES string of the molecule is CCOC(=O)c1cc2cc(C(=O)NNC(=O)[C@H]3CCCO3)ccc2[nH]1. The Labute approximate surface area is 143 Å². The van der Waals surface area contributed by atoms with E-state index in [1.807, 2.05) is 0 Å². The van der Waals surface area contributed by atoms with Crippen molar-refractivity contribution in [2.45, 2.75) is 25.9 Å². The zero-order valence-electron chi connectivity index (χ0n) is 13.8. The minimum Gasteiger partial charge on any atom is -0.461 e. The fourth-order valence-electron chi connectivity index (χ4n) is 2.65. The van der Waals surface area contributed by atoms with E-state index in [4.69, 9.17) is 9.47 Å². The summed E-state index contributed by atoms with van der Waals surface area (Å²) in [6.45, 7) is 2.57. The Kier molecular flexibility index (Phi) is 4.99. The van der Waals surface area contributed by atoms with Gasteiger partial charge in [-0.05, 0) is 44.0 Å². The van der Waals surface area contributed by atoms with Crippen LogP contribution in [0.5, 0.6) is 0 Å². The zero-order chi connectivity index (χ0) is 17.8. The van der Waals surface area contributed by atoms with Crippen LogP contribution in [0.2, 0.25) is 0 Å². The highest BCUT2D eigenvalue weighted by atomic mass is 16.5. The number of nitrogens with one attached hydrogen (secondary N) is 3. The molecular weight excluding hydrogens is 326 g/mol. The minimum atomic E-state index is -0.514. The molecule has 1 aromatic heterocycles. The van der Waals surface area contributed by atoms with Gasteiger partial charge in [0, 0.05) is 23.1 Å². The Balaban J connectivity index is 1.66. The number of carbonyl (C=O) groups excluding carboxylic acids is 3. The summed E-state index contributed by atoms with van der Waals surface area (Å²) >= 11 is 0. The molecule has 0 aliphatic carbocycles. The quantitative estimate of drug-likeness (QED) is 0.571. The summed E-state index contributed by atoms with van der Waals surface area (Å²) in [6.07, 6.45) is 0.965. The lowest BCUT2D eigenvalue weighted by atomic mass is 10.1. The molecule has 2 heterocycles. The number of rotatable bonds is 4. The summed E-state index contributed by atoms with van der Waals surface area (Å²) in [6, 6.07) is 6.54. The number of hydrogen-bond donors (Lipinski definition) is 3. The van der Waals surface area contributed by atoms with Crippen molar-refractivity contribution in [1.82, 2.24) is 15.8 Å². The largest absolute Gasteiger partial charge is 0.461 e. The van der Waals surface area contributed by atoms with Gasteiger partial charge in [-0.3, -0.25) is 20.4 Å². The number of hydrazine groups is 1. The van der Waals surface area contributed by atoms with Gasteiger partial charge in [0.15, 0.2) is 0 Å². The van der Waals surface area contributed by atoms with Crippen molar-refractivity contribution in [3.63, 3.8) is 0 Å². The summed E-state index contributed by atoms with van der Waals surface area (Å²) in [5, 5.41) is 0.696. The van der Waals surface area contributed by atoms with Crippen molar-refractivity contribution >= 4 is 28.7 Å². The maximum absolute atomic E-state index is 12.2. The highest BCUT2D eigenvalue weighted by molar-refractivity contribution is 6.01. The number of amides is 2. The molecule has 1 aliphatic heterocycles. The number of carbonyl (C=O) groups is 3. The molecule has 8 heteroatoms. The Bertz CT molecular complexity index is 808. The number of benzene rings is 1. The number of aromatic amines is 1. The number of fused-ring (bicyclic) bond motifs is 1. The second-order valence-electron chi connectivity index (χ2n) is 5.65. The Morgan fingerprint density at radius 2 is 2.12 bits per heavy atom. The Morgan fingerprint density at radius 1 is 1.28 bits per heavy atom. The van der Waals surface area contributed by atoms with Gasteiger partial charge in [0.2, 0.25) is 0 Å². The third kappa shape index (κ3) is 3.80. The van der Waals surface area contributed by atoms with Crippen molar-refractivity contribution in [3.05, 3.63) is 35.5 Å². The maximum atomic E-state index is 12.2. The highest BCUT2D eigenvalue weighted by Crippen LogP contribution is 2.18. The van der Waals surface area contributed by atoms with Crippen LogP contribution in [0.15, 0.2) is 24.3 Å². The van der Waals surface area contributed by atoms with Gasteiger partial charge in [-0.25, -0.2) is 4.79 Å². The monoisotopic (exact) mass is 345 g/mol. The van der Waals surface area contributed by atoms with E-state index < -0.39 is 18.0 Å². The van der Waals surface area contributed by atoms with E-state index in [0.29, 0.717) is 35.2 Å². The third-order valence-electron chi connectivity index (χ3n) is 3.90. The predicted molar refractivity (Wildman–Crippen MR) is 88.8 cm³/mol. The van der Waals surface area contributed by atoms with Crippen molar-refractivity contribution in [2.24, 2.45) is 0 Å². The minimum absolute atomic E-state index is 0.284. The van der Waals surface area contributed by atoms with E-state index in [1.54, 1.807) is 31.2 Å². The molecule has 3 N–H and O–H groups in total. The van der Waals surface area contributed by atoms with Gasteiger partial charge in [0.05, 0.1) is 6.61 Å². The fourth-order valence-corrected chi connectivity index (χ4v) is 2.65. The van der Waals surface area contributed by atoms with Crippen LogP contribution >= 0.6 is 0 Å². The van der Waals surface area contributed by atoms with E-state index in [9.17, 15) is 14.4 Å². The molecule has 1 atom stereocenters. The molecule has 2 aromatic rings. The fraction of sp³-hybridized carbons (Fsp3) is 0.353. The van der Waals surface area contributed by atoms with Crippen molar-refractivity contribution in [2.75, 3.05) is 13.2 Å². The average Bonchev–Trinajstić information content (AvgIpc) is 3.28. The van der Waals surface area contributed by atoms with Crippen LogP contribution in [0.3, 0.4) is 0 Å². The van der Waals surface area contributed by atoms with Gasteiger partial charge in [0.1, 0.15) is 11.8 Å². The number of H-pyrrole nitrogens is 1. The first-order chi connectivity index (χ1) is 12.1. The van der Waals surface area contributed by atoms with Crippen LogP contribution in [-0.4, -0.2) is 42.1 Å². The molecule has 1 fully saturated rings. The summed E-state index contributed by atoms with van der Waals surface area (Å²) in [7, 11) is 0. The summed E-state index contributed by atoms with van der Waals surface area (Å²) < 4.78 is 10.2. The lowest BCUT2D eigenvalue weighted by Crippen LogP contribution is -2.46. The molecule has 8 nitrogen and oxygen atoms in total. The van der Waals surface area contributed by atoms with Crippen LogP contribution < -0.4 is 10.9 Å². The molecule has 0 spiro atoms. The van der Waals surface area contributed by atoms with Gasteiger partial charge in [-0.2, -0.15) is 0 Å². The van der Waals surface area contributed by atoms with Gasteiger partial charge < -0.3 is 14.5 Å². The molecule has 0 unspecified atom stereocenters. The first-order valence-electron chi connectivity index (χ1n) is 8.10. The van der Waals surface area contributed by atoms with Gasteiger partial charge in [-0.15, -0.1) is 0 Å². The smallest absolute Gasteiger partial charge is 0.354 e. The number of esters is 1. The van der Waals surface area contributed by atoms with E-state index in [1.165, 1.54) is 0 Å². The molecule has 1 aliphatic rings. The molecule has 0 bridgehead atoms.